The number of nitrogens with zero attached hydrogens (tertiary/aromatic N) is 1. The van der Waals surface area contributed by atoms with Gasteiger partial charge in [-0.15, -0.1) is 0 Å². The first kappa shape index (κ1) is 10.4. The molecule has 2 aromatic rings. The van der Waals surface area contributed by atoms with Gasteiger partial charge in [-0.25, -0.2) is 4.98 Å². The van der Waals surface area contributed by atoms with Gasteiger partial charge in [0.2, 0.25) is 0 Å². The van der Waals surface area contributed by atoms with E-state index < -0.39 is 0 Å². The third kappa shape index (κ3) is 2.26. The number of hydrogen-bond donors (Lipinski definition) is 2. The van der Waals surface area contributed by atoms with E-state index >= 15 is 0 Å². The summed E-state index contributed by atoms with van der Waals surface area (Å²) in [5, 5.41) is 2.62. The highest BCUT2D eigenvalue weighted by molar-refractivity contribution is 6.01. The molecule has 0 spiro atoms. The van der Waals surface area contributed by atoms with Crippen LogP contribution in [0.3, 0.4) is 0 Å². The number of pyridine rings is 1. The number of anilines is 1. The molecule has 2 aromatic heterocycles. The van der Waals surface area contributed by atoms with Crippen molar-refractivity contribution in [2.75, 3.05) is 5.32 Å². The number of amides is 1. The summed E-state index contributed by atoms with van der Waals surface area (Å²) in [4.78, 5) is 15.6. The predicted molar refractivity (Wildman–Crippen MR) is 58.8 cm³/mol. The Balaban J connectivity index is 2.12. The summed E-state index contributed by atoms with van der Waals surface area (Å²) in [6, 6.07) is 6.75. The van der Waals surface area contributed by atoms with Crippen LogP contribution in [0.5, 0.6) is 0 Å². The van der Waals surface area contributed by atoms with Gasteiger partial charge >= 0.3 is 0 Å². The smallest absolute Gasteiger partial charge is 0.292 e. The second-order valence-corrected chi connectivity index (χ2v) is 3.18. The summed E-state index contributed by atoms with van der Waals surface area (Å²) >= 11 is 0. The normalized spacial score (nSPS) is 10.1. The lowest BCUT2D eigenvalue weighted by atomic mass is 10.2. The van der Waals surface area contributed by atoms with Crippen molar-refractivity contribution in [2.24, 2.45) is 5.73 Å². The first-order valence-corrected chi connectivity index (χ1v) is 4.79. The van der Waals surface area contributed by atoms with Gasteiger partial charge < -0.3 is 15.5 Å². The zero-order valence-corrected chi connectivity index (χ0v) is 8.51. The summed E-state index contributed by atoms with van der Waals surface area (Å²) < 4.78 is 4.96. The fourth-order valence-electron chi connectivity index (χ4n) is 1.26. The van der Waals surface area contributed by atoms with E-state index in [2.05, 4.69) is 10.3 Å². The third-order valence-electron chi connectivity index (χ3n) is 2.05. The first-order valence-electron chi connectivity index (χ1n) is 4.79. The van der Waals surface area contributed by atoms with E-state index in [4.69, 9.17) is 10.2 Å². The zero-order valence-electron chi connectivity index (χ0n) is 8.51. The van der Waals surface area contributed by atoms with E-state index in [-0.39, 0.29) is 11.7 Å². The molecule has 0 aromatic carbocycles. The Bertz CT molecular complexity index is 480. The minimum Gasteiger partial charge on any atom is -0.459 e. The molecule has 0 aliphatic rings. The van der Waals surface area contributed by atoms with Crippen molar-refractivity contribution in [3.63, 3.8) is 0 Å². The van der Waals surface area contributed by atoms with Crippen LogP contribution >= 0.6 is 0 Å². The lowest BCUT2D eigenvalue weighted by molar-refractivity contribution is 0.0996. The van der Waals surface area contributed by atoms with E-state index in [0.29, 0.717) is 12.4 Å². The highest BCUT2D eigenvalue weighted by Gasteiger charge is 2.09. The second kappa shape index (κ2) is 4.59. The summed E-state index contributed by atoms with van der Waals surface area (Å²) in [5.74, 6) is 0.385. The van der Waals surface area contributed by atoms with Crippen LogP contribution in [0, 0.1) is 0 Å². The van der Waals surface area contributed by atoms with E-state index in [1.807, 2.05) is 0 Å². The van der Waals surface area contributed by atoms with Gasteiger partial charge in [-0.2, -0.15) is 0 Å². The van der Waals surface area contributed by atoms with Crippen molar-refractivity contribution in [3.8, 4) is 0 Å². The monoisotopic (exact) mass is 217 g/mol. The Morgan fingerprint density at radius 2 is 2.38 bits per heavy atom. The van der Waals surface area contributed by atoms with Crippen molar-refractivity contribution < 1.29 is 9.21 Å². The van der Waals surface area contributed by atoms with Gasteiger partial charge in [0.15, 0.2) is 5.76 Å². The van der Waals surface area contributed by atoms with Crippen LogP contribution in [-0.4, -0.2) is 10.9 Å². The third-order valence-corrected chi connectivity index (χ3v) is 2.05. The number of rotatable bonds is 3. The molecule has 2 heterocycles. The molecule has 3 N–H and O–H groups in total. The minimum absolute atomic E-state index is 0.250. The van der Waals surface area contributed by atoms with Gasteiger partial charge in [0.1, 0.15) is 5.82 Å². The fraction of sp³-hybridized carbons (Fsp3) is 0.0909. The molecule has 0 radical (unpaired) electrons. The molecule has 0 aliphatic carbocycles. The van der Waals surface area contributed by atoms with Crippen molar-refractivity contribution in [3.05, 3.63) is 48.0 Å². The van der Waals surface area contributed by atoms with E-state index in [1.165, 1.54) is 6.26 Å². The molecule has 0 aliphatic heterocycles. The average Bonchev–Trinajstić information content (AvgIpc) is 2.83. The number of carbonyl (C=O) groups excluding carboxylic acids is 1. The quantitative estimate of drug-likeness (QED) is 0.813. The van der Waals surface area contributed by atoms with E-state index in [1.54, 1.807) is 30.5 Å². The molecule has 0 saturated carbocycles. The molecule has 0 atom stereocenters. The number of nitrogens with one attached hydrogen (secondary N) is 1. The highest BCUT2D eigenvalue weighted by Crippen LogP contribution is 2.08. The lowest BCUT2D eigenvalue weighted by Crippen LogP contribution is -2.12. The topological polar surface area (TPSA) is 81.1 Å². The number of furan rings is 1. The molecular formula is C11H11N3O2. The Morgan fingerprint density at radius 3 is 3.06 bits per heavy atom. The van der Waals surface area contributed by atoms with Gasteiger partial charge in [0.25, 0.3) is 5.91 Å². The van der Waals surface area contributed by atoms with E-state index in [9.17, 15) is 4.79 Å². The van der Waals surface area contributed by atoms with Crippen LogP contribution in [0.15, 0.2) is 41.1 Å². The largest absolute Gasteiger partial charge is 0.459 e. The maximum atomic E-state index is 11.6. The Morgan fingerprint density at radius 1 is 1.50 bits per heavy atom. The van der Waals surface area contributed by atoms with E-state index in [0.717, 1.165) is 5.56 Å². The van der Waals surface area contributed by atoms with Gasteiger partial charge in [0, 0.05) is 12.7 Å². The maximum Gasteiger partial charge on any atom is 0.292 e. The maximum absolute atomic E-state index is 11.6. The number of carbonyl (C=O) groups is 1. The van der Waals surface area contributed by atoms with Crippen LogP contribution in [0.1, 0.15) is 16.1 Å². The molecule has 1 amide bonds. The highest BCUT2D eigenvalue weighted by atomic mass is 16.3. The predicted octanol–water partition coefficient (Wildman–Crippen LogP) is 1.39. The zero-order chi connectivity index (χ0) is 11.4. The van der Waals surface area contributed by atoms with Gasteiger partial charge in [-0.1, -0.05) is 0 Å². The van der Waals surface area contributed by atoms with Crippen molar-refractivity contribution in [1.82, 2.24) is 4.98 Å². The standard InChI is InChI=1S/C11H11N3O2/c12-7-8-3-4-13-10(6-8)14-11(15)9-2-1-5-16-9/h1-6H,7,12H2,(H,13,14,15). The number of hydrogen-bond acceptors (Lipinski definition) is 4. The fourth-order valence-corrected chi connectivity index (χ4v) is 1.26. The van der Waals surface area contributed by atoms with Crippen LogP contribution < -0.4 is 11.1 Å². The molecule has 5 heteroatoms. The number of nitrogens with two attached hydrogens (primary N) is 1. The SMILES string of the molecule is NCc1ccnc(NC(=O)c2ccco2)c1. The summed E-state index contributed by atoms with van der Waals surface area (Å²) in [6.07, 6.45) is 3.04. The second-order valence-electron chi connectivity index (χ2n) is 3.18. The molecule has 2 rings (SSSR count). The summed E-state index contributed by atoms with van der Waals surface area (Å²) in [6.45, 7) is 0.409. The van der Waals surface area contributed by atoms with Crippen LogP contribution in [0.2, 0.25) is 0 Å². The Hall–Kier alpha value is -2.14. The minimum atomic E-state index is -0.327. The molecule has 0 bridgehead atoms. The van der Waals surface area contributed by atoms with Crippen molar-refractivity contribution in [2.45, 2.75) is 6.54 Å². The van der Waals surface area contributed by atoms with Crippen LogP contribution in [0.4, 0.5) is 5.82 Å². The molecule has 5 nitrogen and oxygen atoms in total. The molecule has 16 heavy (non-hydrogen) atoms. The van der Waals surface area contributed by atoms with Gasteiger partial charge in [0.05, 0.1) is 6.26 Å². The first-order chi connectivity index (χ1) is 7.79. The lowest BCUT2D eigenvalue weighted by Gasteiger charge is -2.03. The molecule has 0 unspecified atom stereocenters. The summed E-state index contributed by atoms with van der Waals surface area (Å²) in [7, 11) is 0. The van der Waals surface area contributed by atoms with Crippen LogP contribution in [-0.2, 0) is 6.54 Å². The Labute approximate surface area is 92.3 Å². The average molecular weight is 217 g/mol. The van der Waals surface area contributed by atoms with Gasteiger partial charge in [-0.3, -0.25) is 4.79 Å². The Kier molecular flexibility index (Phi) is 2.98. The molecule has 0 saturated heterocycles. The molecule has 82 valence electrons. The van der Waals surface area contributed by atoms with Crippen LogP contribution in [0.25, 0.3) is 0 Å². The number of aromatic nitrogens is 1. The summed E-state index contributed by atoms with van der Waals surface area (Å²) in [5.41, 5.74) is 6.39. The molecule has 0 fully saturated rings. The molecular weight excluding hydrogens is 206 g/mol. The van der Waals surface area contributed by atoms with Crippen molar-refractivity contribution in [1.29, 1.82) is 0 Å². The van der Waals surface area contributed by atoms with Crippen molar-refractivity contribution >= 4 is 11.7 Å². The van der Waals surface area contributed by atoms with Gasteiger partial charge in [-0.05, 0) is 29.8 Å².